The van der Waals surface area contributed by atoms with Crippen LogP contribution >= 0.6 is 0 Å². The largest absolute Gasteiger partial charge is 0.381 e. The molecule has 0 amide bonds. The highest BCUT2D eigenvalue weighted by molar-refractivity contribution is 4.87. The van der Waals surface area contributed by atoms with Gasteiger partial charge in [0.2, 0.25) is 0 Å². The Kier molecular flexibility index (Phi) is 2.29. The van der Waals surface area contributed by atoms with Crippen LogP contribution < -0.4 is 0 Å². The van der Waals surface area contributed by atoms with Crippen LogP contribution in [0.15, 0.2) is 0 Å². The van der Waals surface area contributed by atoms with E-state index in [4.69, 9.17) is 4.74 Å². The lowest BCUT2D eigenvalue weighted by Crippen LogP contribution is -2.40. The van der Waals surface area contributed by atoms with Crippen LogP contribution in [0.3, 0.4) is 0 Å². The molecule has 0 aromatic carbocycles. The van der Waals surface area contributed by atoms with Gasteiger partial charge in [-0.3, -0.25) is 0 Å². The van der Waals surface area contributed by atoms with E-state index in [1.165, 1.54) is 12.8 Å². The average Bonchev–Trinajstić information content (AvgIpc) is 1.87. The summed E-state index contributed by atoms with van der Waals surface area (Å²) in [5.74, 6) is 0. The summed E-state index contributed by atoms with van der Waals surface area (Å²) in [5, 5.41) is 0. The third-order valence-electron chi connectivity index (χ3n) is 3.25. The summed E-state index contributed by atoms with van der Waals surface area (Å²) in [4.78, 5) is 0. The molecule has 1 aliphatic rings. The van der Waals surface area contributed by atoms with Gasteiger partial charge in [0.15, 0.2) is 0 Å². The summed E-state index contributed by atoms with van der Waals surface area (Å²) in [5.41, 5.74) is 0.776. The van der Waals surface area contributed by atoms with E-state index in [9.17, 15) is 0 Å². The highest BCUT2D eigenvalue weighted by atomic mass is 16.5. The molecule has 1 atom stereocenters. The fourth-order valence-corrected chi connectivity index (χ4v) is 1.53. The van der Waals surface area contributed by atoms with Crippen molar-refractivity contribution in [3.05, 3.63) is 0 Å². The molecule has 0 spiro atoms. The first-order chi connectivity index (χ1) is 4.96. The molecule has 1 heterocycles. The van der Waals surface area contributed by atoms with Crippen molar-refractivity contribution in [1.29, 1.82) is 0 Å². The van der Waals surface area contributed by atoms with Crippen LogP contribution in [0.2, 0.25) is 0 Å². The Morgan fingerprint density at radius 1 is 1.27 bits per heavy atom. The zero-order valence-corrected chi connectivity index (χ0v) is 8.24. The van der Waals surface area contributed by atoms with E-state index in [0.29, 0.717) is 10.8 Å². The molecule has 1 heteroatoms. The van der Waals surface area contributed by atoms with Gasteiger partial charge in [-0.25, -0.2) is 0 Å². The molecule has 0 bridgehead atoms. The topological polar surface area (TPSA) is 9.23 Å². The van der Waals surface area contributed by atoms with Gasteiger partial charge in [0.05, 0.1) is 6.61 Å². The van der Waals surface area contributed by atoms with Crippen LogP contribution in [-0.2, 0) is 4.74 Å². The fourth-order valence-electron chi connectivity index (χ4n) is 1.53. The van der Waals surface area contributed by atoms with Crippen molar-refractivity contribution >= 4 is 0 Å². The summed E-state index contributed by atoms with van der Waals surface area (Å²) in [6.07, 6.45) is 2.55. The molecule has 1 unspecified atom stereocenters. The number of hydrogen-bond acceptors (Lipinski definition) is 1. The van der Waals surface area contributed by atoms with Crippen molar-refractivity contribution in [2.24, 2.45) is 10.8 Å². The Bertz CT molecular complexity index is 126. The van der Waals surface area contributed by atoms with Gasteiger partial charge in [-0.2, -0.15) is 0 Å². The molecule has 1 aliphatic heterocycles. The van der Waals surface area contributed by atoms with E-state index < -0.39 is 0 Å². The second kappa shape index (κ2) is 2.78. The van der Waals surface area contributed by atoms with Crippen LogP contribution in [0, 0.1) is 10.8 Å². The van der Waals surface area contributed by atoms with E-state index in [0.717, 1.165) is 13.2 Å². The molecule has 0 saturated carbocycles. The zero-order chi connectivity index (χ0) is 8.54. The minimum atomic E-state index is 0.382. The van der Waals surface area contributed by atoms with Crippen LogP contribution in [0.25, 0.3) is 0 Å². The van der Waals surface area contributed by atoms with Crippen molar-refractivity contribution < 1.29 is 4.74 Å². The maximum Gasteiger partial charge on any atom is 0.0524 e. The molecule has 1 saturated heterocycles. The summed E-state index contributed by atoms with van der Waals surface area (Å²) >= 11 is 0. The summed E-state index contributed by atoms with van der Waals surface area (Å²) in [6, 6.07) is 0. The third kappa shape index (κ3) is 1.76. The standard InChI is InChI=1S/C10H20O/c1-9(2,3)10(4)6-5-7-11-8-10/h5-8H2,1-4H3. The van der Waals surface area contributed by atoms with E-state index in [2.05, 4.69) is 27.7 Å². The van der Waals surface area contributed by atoms with Gasteiger partial charge in [0.25, 0.3) is 0 Å². The predicted molar refractivity (Wildman–Crippen MR) is 47.6 cm³/mol. The molecular weight excluding hydrogens is 136 g/mol. The van der Waals surface area contributed by atoms with Crippen molar-refractivity contribution in [2.75, 3.05) is 13.2 Å². The maximum atomic E-state index is 5.51. The van der Waals surface area contributed by atoms with Crippen molar-refractivity contribution in [2.45, 2.75) is 40.5 Å². The molecule has 1 fully saturated rings. The van der Waals surface area contributed by atoms with Crippen molar-refractivity contribution in [1.82, 2.24) is 0 Å². The van der Waals surface area contributed by atoms with Gasteiger partial charge in [0, 0.05) is 6.61 Å². The van der Waals surface area contributed by atoms with E-state index in [1.807, 2.05) is 0 Å². The minimum absolute atomic E-state index is 0.382. The van der Waals surface area contributed by atoms with Crippen LogP contribution in [0.4, 0.5) is 0 Å². The highest BCUT2D eigenvalue weighted by Crippen LogP contribution is 2.44. The van der Waals surface area contributed by atoms with E-state index >= 15 is 0 Å². The first-order valence-corrected chi connectivity index (χ1v) is 4.53. The van der Waals surface area contributed by atoms with Crippen LogP contribution in [-0.4, -0.2) is 13.2 Å². The van der Waals surface area contributed by atoms with Gasteiger partial charge in [-0.15, -0.1) is 0 Å². The average molecular weight is 156 g/mol. The Hall–Kier alpha value is -0.0400. The second-order valence-corrected chi connectivity index (χ2v) is 4.97. The summed E-state index contributed by atoms with van der Waals surface area (Å²) in [7, 11) is 0. The third-order valence-corrected chi connectivity index (χ3v) is 3.25. The van der Waals surface area contributed by atoms with E-state index in [-0.39, 0.29) is 0 Å². The van der Waals surface area contributed by atoms with Crippen LogP contribution in [0.5, 0.6) is 0 Å². The zero-order valence-electron chi connectivity index (χ0n) is 8.24. The Labute approximate surface area is 70.1 Å². The van der Waals surface area contributed by atoms with Crippen LogP contribution in [0.1, 0.15) is 40.5 Å². The number of ether oxygens (including phenoxy) is 1. The molecule has 0 N–H and O–H groups in total. The highest BCUT2D eigenvalue weighted by Gasteiger charge is 2.38. The SMILES string of the molecule is CC(C)(C)C1(C)CCCOC1. The van der Waals surface area contributed by atoms with Gasteiger partial charge in [-0.1, -0.05) is 27.7 Å². The Morgan fingerprint density at radius 2 is 1.91 bits per heavy atom. The fraction of sp³-hybridized carbons (Fsp3) is 1.00. The van der Waals surface area contributed by atoms with Gasteiger partial charge >= 0.3 is 0 Å². The molecule has 0 aromatic rings. The lowest BCUT2D eigenvalue weighted by atomic mass is 9.65. The predicted octanol–water partition coefficient (Wildman–Crippen LogP) is 2.85. The first-order valence-electron chi connectivity index (χ1n) is 4.53. The first kappa shape index (κ1) is 9.05. The Morgan fingerprint density at radius 3 is 2.18 bits per heavy atom. The molecule has 0 aromatic heterocycles. The molecule has 1 rings (SSSR count). The minimum Gasteiger partial charge on any atom is -0.381 e. The van der Waals surface area contributed by atoms with Gasteiger partial charge in [0.1, 0.15) is 0 Å². The van der Waals surface area contributed by atoms with Crippen molar-refractivity contribution in [3.8, 4) is 0 Å². The normalized spacial score (nSPS) is 33.8. The maximum absolute atomic E-state index is 5.51. The second-order valence-electron chi connectivity index (χ2n) is 4.97. The summed E-state index contributed by atoms with van der Waals surface area (Å²) < 4.78 is 5.51. The quantitative estimate of drug-likeness (QED) is 0.524. The molecular formula is C10H20O. The van der Waals surface area contributed by atoms with Gasteiger partial charge < -0.3 is 4.74 Å². The lowest BCUT2D eigenvalue weighted by molar-refractivity contribution is -0.0576. The number of hydrogen-bond donors (Lipinski definition) is 0. The van der Waals surface area contributed by atoms with Gasteiger partial charge in [-0.05, 0) is 23.7 Å². The molecule has 1 nitrogen and oxygen atoms in total. The molecule has 66 valence electrons. The molecule has 0 radical (unpaired) electrons. The molecule has 0 aliphatic carbocycles. The summed E-state index contributed by atoms with van der Waals surface area (Å²) in [6.45, 7) is 11.2. The van der Waals surface area contributed by atoms with E-state index in [1.54, 1.807) is 0 Å². The monoisotopic (exact) mass is 156 g/mol. The Balaban J connectivity index is 2.64. The lowest BCUT2D eigenvalue weighted by Gasteiger charge is -2.44. The number of rotatable bonds is 0. The smallest absolute Gasteiger partial charge is 0.0524 e. The molecule has 11 heavy (non-hydrogen) atoms. The van der Waals surface area contributed by atoms with Crippen molar-refractivity contribution in [3.63, 3.8) is 0 Å².